The Morgan fingerprint density at radius 3 is 2.54 bits per heavy atom. The standard InChI is InChI=1S/C19H16N2O4S/c22-15(25-9-14-20-12-3-1-2-4-13(12)26-14)8-21-18(23)16-10-5-6-11(7-10)17(16)19(21)24/h1-6,10-11,16-17H,7-9H2/t10-,11-,16+,17+/m0/s1. The maximum atomic E-state index is 12.6. The van der Waals surface area contributed by atoms with Crippen LogP contribution in [0.25, 0.3) is 10.2 Å². The third-order valence-electron chi connectivity index (χ3n) is 5.54. The van der Waals surface area contributed by atoms with Gasteiger partial charge in [0.05, 0.1) is 22.1 Å². The van der Waals surface area contributed by atoms with Gasteiger partial charge in [0.1, 0.15) is 18.2 Å². The third-order valence-corrected chi connectivity index (χ3v) is 6.55. The van der Waals surface area contributed by atoms with Gasteiger partial charge >= 0.3 is 5.97 Å². The van der Waals surface area contributed by atoms with Gasteiger partial charge in [-0.05, 0) is 30.4 Å². The van der Waals surface area contributed by atoms with Crippen molar-refractivity contribution in [2.45, 2.75) is 13.0 Å². The van der Waals surface area contributed by atoms with Crippen LogP contribution in [0, 0.1) is 23.7 Å². The number of carbonyl (C=O) groups is 3. The van der Waals surface area contributed by atoms with Crippen molar-refractivity contribution in [3.05, 3.63) is 41.4 Å². The molecule has 2 bridgehead atoms. The second-order valence-corrected chi connectivity index (χ2v) is 8.11. The summed E-state index contributed by atoms with van der Waals surface area (Å²) in [6.07, 6.45) is 4.95. The summed E-state index contributed by atoms with van der Waals surface area (Å²) >= 11 is 1.46. The van der Waals surface area contributed by atoms with Crippen LogP contribution in [0.2, 0.25) is 0 Å². The van der Waals surface area contributed by atoms with E-state index in [1.165, 1.54) is 11.3 Å². The van der Waals surface area contributed by atoms with E-state index in [1.54, 1.807) is 0 Å². The Morgan fingerprint density at radius 2 is 1.85 bits per heavy atom. The van der Waals surface area contributed by atoms with E-state index in [2.05, 4.69) is 4.98 Å². The van der Waals surface area contributed by atoms with E-state index in [0.29, 0.717) is 5.01 Å². The number of imide groups is 1. The first-order valence-corrected chi connectivity index (χ1v) is 9.47. The average Bonchev–Trinajstić information content (AvgIpc) is 3.39. The van der Waals surface area contributed by atoms with Crippen LogP contribution < -0.4 is 0 Å². The lowest BCUT2D eigenvalue weighted by molar-refractivity contribution is -0.154. The Kier molecular flexibility index (Phi) is 3.46. The van der Waals surface area contributed by atoms with E-state index in [-0.39, 0.29) is 48.6 Å². The summed E-state index contributed by atoms with van der Waals surface area (Å²) in [6.45, 7) is -0.261. The van der Waals surface area contributed by atoms with Crippen molar-refractivity contribution in [2.75, 3.05) is 6.54 Å². The Bertz CT molecular complexity index is 902. The van der Waals surface area contributed by atoms with Crippen molar-refractivity contribution in [2.24, 2.45) is 23.7 Å². The highest BCUT2D eigenvalue weighted by molar-refractivity contribution is 7.18. The molecule has 1 saturated heterocycles. The molecular formula is C19H16N2O4S. The minimum absolute atomic E-state index is 0.0497. The van der Waals surface area contributed by atoms with Crippen LogP contribution in [-0.4, -0.2) is 34.2 Å². The Labute approximate surface area is 153 Å². The van der Waals surface area contributed by atoms with E-state index in [1.807, 2.05) is 36.4 Å². The molecule has 1 aromatic carbocycles. The molecule has 0 N–H and O–H groups in total. The van der Waals surface area contributed by atoms with E-state index >= 15 is 0 Å². The molecule has 26 heavy (non-hydrogen) atoms. The first kappa shape index (κ1) is 15.7. The van der Waals surface area contributed by atoms with Crippen LogP contribution in [-0.2, 0) is 25.7 Å². The SMILES string of the molecule is O=C(CN1C(=O)[C@H]2[C@H](C1=O)[C@H]1C=C[C@H]2C1)OCc1nc2ccccc2s1. The highest BCUT2D eigenvalue weighted by Gasteiger charge is 2.59. The number of likely N-dealkylation sites (tertiary alicyclic amines) is 1. The molecule has 2 amide bonds. The fourth-order valence-electron chi connectivity index (χ4n) is 4.42. The molecule has 2 aliphatic carbocycles. The van der Waals surface area contributed by atoms with E-state index in [0.717, 1.165) is 21.5 Å². The minimum Gasteiger partial charge on any atom is -0.457 e. The minimum atomic E-state index is -0.578. The zero-order valence-corrected chi connectivity index (χ0v) is 14.6. The molecule has 6 nitrogen and oxygen atoms in total. The van der Waals surface area contributed by atoms with Crippen LogP contribution >= 0.6 is 11.3 Å². The van der Waals surface area contributed by atoms with Crippen molar-refractivity contribution in [3.63, 3.8) is 0 Å². The second kappa shape index (κ2) is 5.74. The normalized spacial score (nSPS) is 29.0. The molecule has 2 aromatic rings. The van der Waals surface area contributed by atoms with Gasteiger partial charge in [-0.3, -0.25) is 19.3 Å². The molecule has 1 aliphatic heterocycles. The van der Waals surface area contributed by atoms with E-state index < -0.39 is 5.97 Å². The van der Waals surface area contributed by atoms with Gasteiger partial charge in [0.15, 0.2) is 0 Å². The molecule has 4 atom stereocenters. The largest absolute Gasteiger partial charge is 0.457 e. The summed E-state index contributed by atoms with van der Waals surface area (Å²) in [5, 5.41) is 0.692. The zero-order chi connectivity index (χ0) is 17.8. The van der Waals surface area contributed by atoms with Gasteiger partial charge < -0.3 is 4.74 Å². The van der Waals surface area contributed by atoms with Crippen LogP contribution in [0.1, 0.15) is 11.4 Å². The number of nitrogens with zero attached hydrogens (tertiary/aromatic N) is 2. The monoisotopic (exact) mass is 368 g/mol. The first-order valence-electron chi connectivity index (χ1n) is 8.65. The van der Waals surface area contributed by atoms with E-state index in [4.69, 9.17) is 4.74 Å². The van der Waals surface area contributed by atoms with Crippen LogP contribution in [0.4, 0.5) is 0 Å². The molecule has 0 unspecified atom stereocenters. The van der Waals surface area contributed by atoms with Crippen molar-refractivity contribution >= 4 is 39.3 Å². The van der Waals surface area contributed by atoms with Crippen LogP contribution in [0.15, 0.2) is 36.4 Å². The van der Waals surface area contributed by atoms with Gasteiger partial charge in [0.2, 0.25) is 11.8 Å². The zero-order valence-electron chi connectivity index (χ0n) is 13.8. The number of fused-ring (bicyclic) bond motifs is 6. The lowest BCUT2D eigenvalue weighted by atomic mass is 9.85. The van der Waals surface area contributed by atoms with Crippen LogP contribution in [0.5, 0.6) is 0 Å². The van der Waals surface area contributed by atoms with Gasteiger partial charge in [-0.15, -0.1) is 11.3 Å². The number of rotatable bonds is 4. The second-order valence-electron chi connectivity index (χ2n) is 7.00. The Hall–Kier alpha value is -2.54. The van der Waals surface area contributed by atoms with Crippen molar-refractivity contribution in [1.82, 2.24) is 9.88 Å². The molecule has 3 aliphatic rings. The maximum Gasteiger partial charge on any atom is 0.326 e. The molecule has 1 aromatic heterocycles. The molecule has 2 fully saturated rings. The fourth-order valence-corrected chi connectivity index (χ4v) is 5.30. The highest BCUT2D eigenvalue weighted by Crippen LogP contribution is 2.52. The number of ether oxygens (including phenoxy) is 1. The smallest absolute Gasteiger partial charge is 0.326 e. The molecule has 0 radical (unpaired) electrons. The average molecular weight is 368 g/mol. The Morgan fingerprint density at radius 1 is 1.15 bits per heavy atom. The molecule has 1 saturated carbocycles. The predicted molar refractivity (Wildman–Crippen MR) is 93.9 cm³/mol. The van der Waals surface area contributed by atoms with Crippen LogP contribution in [0.3, 0.4) is 0 Å². The van der Waals surface area contributed by atoms with E-state index in [9.17, 15) is 14.4 Å². The molecule has 2 heterocycles. The van der Waals surface area contributed by atoms with Crippen molar-refractivity contribution in [3.8, 4) is 0 Å². The Balaban J connectivity index is 1.23. The van der Waals surface area contributed by atoms with Gasteiger partial charge in [-0.25, -0.2) is 4.98 Å². The predicted octanol–water partition coefficient (Wildman–Crippen LogP) is 2.15. The number of hydrogen-bond acceptors (Lipinski definition) is 6. The quantitative estimate of drug-likeness (QED) is 0.469. The number of para-hydroxylation sites is 1. The summed E-state index contributed by atoms with van der Waals surface area (Å²) < 4.78 is 6.28. The van der Waals surface area contributed by atoms with Crippen molar-refractivity contribution < 1.29 is 19.1 Å². The number of esters is 1. The van der Waals surface area contributed by atoms with Gasteiger partial charge in [-0.2, -0.15) is 0 Å². The van der Waals surface area contributed by atoms with Crippen molar-refractivity contribution in [1.29, 1.82) is 0 Å². The number of aromatic nitrogens is 1. The summed E-state index contributed by atoms with van der Waals surface area (Å²) in [7, 11) is 0. The highest BCUT2D eigenvalue weighted by atomic mass is 32.1. The summed E-state index contributed by atoms with van der Waals surface area (Å²) in [6, 6.07) is 7.70. The van der Waals surface area contributed by atoms with Gasteiger partial charge in [0.25, 0.3) is 0 Å². The molecule has 7 heteroatoms. The summed E-state index contributed by atoms with van der Waals surface area (Å²) in [5.74, 6) is -1.31. The molecular weight excluding hydrogens is 352 g/mol. The molecule has 132 valence electrons. The number of carbonyl (C=O) groups excluding carboxylic acids is 3. The lowest BCUT2D eigenvalue weighted by Gasteiger charge is -2.16. The van der Waals surface area contributed by atoms with Gasteiger partial charge in [0, 0.05) is 0 Å². The number of allylic oxidation sites excluding steroid dienone is 2. The third kappa shape index (κ3) is 2.30. The lowest BCUT2D eigenvalue weighted by Crippen LogP contribution is -2.37. The summed E-state index contributed by atoms with van der Waals surface area (Å²) in [4.78, 5) is 42.8. The number of hydrogen-bond donors (Lipinski definition) is 0. The summed E-state index contributed by atoms with van der Waals surface area (Å²) in [5.41, 5.74) is 0.865. The number of amides is 2. The molecule has 5 rings (SSSR count). The maximum absolute atomic E-state index is 12.6. The number of benzene rings is 1. The number of thiazole rings is 1. The fraction of sp³-hybridized carbons (Fsp3) is 0.368. The first-order chi connectivity index (χ1) is 12.6. The van der Waals surface area contributed by atoms with Gasteiger partial charge in [-0.1, -0.05) is 24.3 Å². The topological polar surface area (TPSA) is 76.6 Å². The molecule has 0 spiro atoms.